The zero-order chi connectivity index (χ0) is 21.5. The first-order chi connectivity index (χ1) is 15.2. The molecule has 2 heterocycles. The van der Waals surface area contributed by atoms with Crippen molar-refractivity contribution in [2.45, 2.75) is 38.1 Å². The molecular weight excluding hydrogens is 388 g/mol. The Morgan fingerprint density at radius 2 is 1.65 bits per heavy atom. The van der Waals surface area contributed by atoms with Crippen LogP contribution in [0.25, 0.3) is 0 Å². The highest BCUT2D eigenvalue weighted by molar-refractivity contribution is 5.95. The second-order valence-electron chi connectivity index (χ2n) is 8.48. The van der Waals surface area contributed by atoms with Crippen LogP contribution in [0.15, 0.2) is 54.6 Å². The first kappa shape index (κ1) is 21.4. The Morgan fingerprint density at radius 3 is 2.39 bits per heavy atom. The van der Waals surface area contributed by atoms with Crippen molar-refractivity contribution >= 4 is 17.6 Å². The van der Waals surface area contributed by atoms with Gasteiger partial charge in [0.05, 0.1) is 0 Å². The number of urea groups is 1. The molecule has 6 nitrogen and oxygen atoms in total. The van der Waals surface area contributed by atoms with Gasteiger partial charge in [-0.3, -0.25) is 9.69 Å². The monoisotopic (exact) mass is 420 g/mol. The molecule has 0 radical (unpaired) electrons. The van der Waals surface area contributed by atoms with Crippen LogP contribution < -0.4 is 10.6 Å². The van der Waals surface area contributed by atoms with Gasteiger partial charge in [0, 0.05) is 36.9 Å². The molecule has 3 amide bonds. The molecule has 2 fully saturated rings. The Balaban J connectivity index is 1.22. The van der Waals surface area contributed by atoms with Crippen molar-refractivity contribution < 1.29 is 9.59 Å². The summed E-state index contributed by atoms with van der Waals surface area (Å²) in [6.07, 6.45) is 5.72. The third-order valence-electron chi connectivity index (χ3n) is 6.30. The van der Waals surface area contributed by atoms with Crippen LogP contribution in [0, 0.1) is 0 Å². The molecule has 0 bridgehead atoms. The van der Waals surface area contributed by atoms with Gasteiger partial charge in [0.15, 0.2) is 0 Å². The summed E-state index contributed by atoms with van der Waals surface area (Å²) in [6.45, 7) is 4.52. The van der Waals surface area contributed by atoms with Crippen LogP contribution in [0.1, 0.15) is 41.6 Å². The third-order valence-corrected chi connectivity index (χ3v) is 6.30. The molecule has 2 aliphatic rings. The lowest BCUT2D eigenvalue weighted by atomic mass is 10.1. The van der Waals surface area contributed by atoms with Crippen LogP contribution in [-0.4, -0.2) is 60.5 Å². The van der Waals surface area contributed by atoms with Crippen molar-refractivity contribution in [1.29, 1.82) is 0 Å². The van der Waals surface area contributed by atoms with E-state index in [1.165, 1.54) is 24.8 Å². The van der Waals surface area contributed by atoms with Gasteiger partial charge in [-0.05, 0) is 68.6 Å². The first-order valence-electron chi connectivity index (χ1n) is 11.4. The Kier molecular flexibility index (Phi) is 7.20. The highest BCUT2D eigenvalue weighted by Gasteiger charge is 2.30. The molecule has 1 atom stereocenters. The molecular formula is C25H32N4O2. The summed E-state index contributed by atoms with van der Waals surface area (Å²) in [6, 6.07) is 17.6. The van der Waals surface area contributed by atoms with E-state index in [2.05, 4.69) is 27.7 Å². The van der Waals surface area contributed by atoms with Crippen molar-refractivity contribution in [3.63, 3.8) is 0 Å². The number of anilines is 1. The average molecular weight is 421 g/mol. The topological polar surface area (TPSA) is 64.7 Å². The Labute approximate surface area is 184 Å². The molecule has 164 valence electrons. The molecule has 2 N–H and O–H groups in total. The lowest BCUT2D eigenvalue weighted by Gasteiger charge is -2.32. The van der Waals surface area contributed by atoms with Crippen molar-refractivity contribution in [1.82, 2.24) is 15.1 Å². The van der Waals surface area contributed by atoms with Crippen molar-refractivity contribution in [2.75, 3.05) is 38.0 Å². The van der Waals surface area contributed by atoms with Gasteiger partial charge in [-0.1, -0.05) is 36.8 Å². The van der Waals surface area contributed by atoms with Gasteiger partial charge in [0.25, 0.3) is 5.91 Å². The number of likely N-dealkylation sites (tertiary alicyclic amines) is 2. The molecule has 4 rings (SSSR count). The number of hydrogen-bond donors (Lipinski definition) is 2. The molecule has 2 saturated heterocycles. The van der Waals surface area contributed by atoms with Crippen LogP contribution in [0.4, 0.5) is 10.5 Å². The second-order valence-corrected chi connectivity index (χ2v) is 8.48. The zero-order valence-electron chi connectivity index (χ0n) is 18.1. The summed E-state index contributed by atoms with van der Waals surface area (Å²) in [5.41, 5.74) is 2.51. The van der Waals surface area contributed by atoms with E-state index in [1.54, 1.807) is 24.3 Å². The van der Waals surface area contributed by atoms with Crippen molar-refractivity contribution in [3.8, 4) is 0 Å². The fraction of sp³-hybridized carbons (Fsp3) is 0.440. The van der Waals surface area contributed by atoms with E-state index in [4.69, 9.17) is 0 Å². The van der Waals surface area contributed by atoms with Crippen LogP contribution in [0.2, 0.25) is 0 Å². The minimum atomic E-state index is -0.0993. The van der Waals surface area contributed by atoms with E-state index in [1.807, 2.05) is 23.1 Å². The molecule has 2 aliphatic heterocycles. The Morgan fingerprint density at radius 1 is 0.903 bits per heavy atom. The largest absolute Gasteiger partial charge is 0.352 e. The van der Waals surface area contributed by atoms with Crippen molar-refractivity contribution in [3.05, 3.63) is 65.7 Å². The number of carbonyl (C=O) groups is 2. The lowest BCUT2D eigenvalue weighted by Crippen LogP contribution is -2.42. The third kappa shape index (κ3) is 5.85. The summed E-state index contributed by atoms with van der Waals surface area (Å²) < 4.78 is 0. The standard InChI is InChI=1S/C25H32N4O2/c30-24(26-15-13-20-7-3-1-4-8-20)21-9-11-22(12-10-21)27-25(31)29-18-14-23(19-29)28-16-5-2-6-17-28/h1,3-4,7-12,23H,2,5-6,13-19H2,(H,26,30)(H,27,31). The summed E-state index contributed by atoms with van der Waals surface area (Å²) in [5.74, 6) is -0.0993. The highest BCUT2D eigenvalue weighted by Crippen LogP contribution is 2.21. The fourth-order valence-corrected chi connectivity index (χ4v) is 4.48. The molecule has 0 aliphatic carbocycles. The van der Waals surface area contributed by atoms with E-state index < -0.39 is 0 Å². The molecule has 31 heavy (non-hydrogen) atoms. The maximum atomic E-state index is 12.7. The van der Waals surface area contributed by atoms with Gasteiger partial charge in [-0.2, -0.15) is 0 Å². The molecule has 2 aromatic rings. The van der Waals surface area contributed by atoms with Gasteiger partial charge in [0.1, 0.15) is 0 Å². The van der Waals surface area contributed by atoms with Gasteiger partial charge < -0.3 is 15.5 Å². The maximum Gasteiger partial charge on any atom is 0.321 e. The average Bonchev–Trinajstić information content (AvgIpc) is 3.31. The lowest BCUT2D eigenvalue weighted by molar-refractivity contribution is 0.0954. The van der Waals surface area contributed by atoms with E-state index in [0.29, 0.717) is 23.8 Å². The summed E-state index contributed by atoms with van der Waals surface area (Å²) in [7, 11) is 0. The molecule has 0 saturated carbocycles. The van der Waals surface area contributed by atoms with Crippen LogP contribution in [-0.2, 0) is 6.42 Å². The van der Waals surface area contributed by atoms with E-state index >= 15 is 0 Å². The highest BCUT2D eigenvalue weighted by atomic mass is 16.2. The number of nitrogens with one attached hydrogen (secondary N) is 2. The number of carbonyl (C=O) groups excluding carboxylic acids is 2. The molecule has 1 unspecified atom stereocenters. The fourth-order valence-electron chi connectivity index (χ4n) is 4.48. The van der Waals surface area contributed by atoms with Crippen LogP contribution in [0.5, 0.6) is 0 Å². The number of benzene rings is 2. The van der Waals surface area contributed by atoms with Gasteiger partial charge in [0.2, 0.25) is 0 Å². The smallest absolute Gasteiger partial charge is 0.321 e. The summed E-state index contributed by atoms with van der Waals surface area (Å²) >= 11 is 0. The predicted molar refractivity (Wildman–Crippen MR) is 123 cm³/mol. The number of nitrogens with zero attached hydrogens (tertiary/aromatic N) is 2. The second kappa shape index (κ2) is 10.4. The maximum absolute atomic E-state index is 12.7. The Bertz CT molecular complexity index is 863. The normalized spacial score (nSPS) is 19.2. The minimum absolute atomic E-state index is 0.0560. The Hall–Kier alpha value is -2.86. The number of rotatable bonds is 6. The summed E-state index contributed by atoms with van der Waals surface area (Å²) in [4.78, 5) is 29.5. The summed E-state index contributed by atoms with van der Waals surface area (Å²) in [5, 5.41) is 5.92. The first-order valence-corrected chi connectivity index (χ1v) is 11.4. The predicted octanol–water partition coefficient (Wildman–Crippen LogP) is 3.75. The van der Waals surface area contributed by atoms with Gasteiger partial charge in [-0.25, -0.2) is 4.79 Å². The molecule has 0 spiro atoms. The number of hydrogen-bond acceptors (Lipinski definition) is 3. The van der Waals surface area contributed by atoms with E-state index in [-0.39, 0.29) is 11.9 Å². The van der Waals surface area contributed by atoms with Gasteiger partial charge >= 0.3 is 6.03 Å². The molecule has 2 aromatic carbocycles. The van der Waals surface area contributed by atoms with Crippen LogP contribution >= 0.6 is 0 Å². The van der Waals surface area contributed by atoms with Crippen molar-refractivity contribution in [2.24, 2.45) is 0 Å². The van der Waals surface area contributed by atoms with E-state index in [9.17, 15) is 9.59 Å². The zero-order valence-corrected chi connectivity index (χ0v) is 18.1. The SMILES string of the molecule is O=C(NCCc1ccccc1)c1ccc(NC(=O)N2CCC(N3CCCCC3)C2)cc1. The quantitative estimate of drug-likeness (QED) is 0.748. The van der Waals surface area contributed by atoms with E-state index in [0.717, 1.165) is 39.0 Å². The van der Waals surface area contributed by atoms with Gasteiger partial charge in [-0.15, -0.1) is 0 Å². The molecule has 0 aromatic heterocycles. The minimum Gasteiger partial charge on any atom is -0.352 e. The molecule has 6 heteroatoms. The number of amides is 3. The number of piperidine rings is 1. The van der Waals surface area contributed by atoms with Crippen LogP contribution in [0.3, 0.4) is 0 Å².